The summed E-state index contributed by atoms with van der Waals surface area (Å²) in [6.07, 6.45) is 5.60. The fourth-order valence-electron chi connectivity index (χ4n) is 2.94. The van der Waals surface area contributed by atoms with E-state index in [-0.39, 0.29) is 11.7 Å². The summed E-state index contributed by atoms with van der Waals surface area (Å²) < 4.78 is 0. The van der Waals surface area contributed by atoms with Gasteiger partial charge in [0, 0.05) is 18.0 Å². The fraction of sp³-hybridized carbons (Fsp3) is 0.333. The summed E-state index contributed by atoms with van der Waals surface area (Å²) in [5.41, 5.74) is 7.69. The number of nitrogens with one attached hydrogen (secondary N) is 2. The second kappa shape index (κ2) is 10.2. The van der Waals surface area contributed by atoms with Crippen LogP contribution in [0.3, 0.4) is 0 Å². The average Bonchev–Trinajstić information content (AvgIpc) is 2.69. The van der Waals surface area contributed by atoms with Crippen molar-refractivity contribution in [2.45, 2.75) is 44.6 Å². The van der Waals surface area contributed by atoms with E-state index in [0.717, 1.165) is 24.0 Å². The van der Waals surface area contributed by atoms with Crippen LogP contribution < -0.4 is 11.1 Å². The quantitative estimate of drug-likeness (QED) is 0.370. The van der Waals surface area contributed by atoms with Gasteiger partial charge in [-0.15, -0.1) is 0 Å². The number of nitrogens with zero attached hydrogens (tertiary/aromatic N) is 1. The van der Waals surface area contributed by atoms with Crippen molar-refractivity contribution in [3.05, 3.63) is 65.5 Å². The monoisotopic (exact) mass is 382 g/mol. The topological polar surface area (TPSA) is 129 Å². The number of carbonyl (C=O) groups is 2. The molecule has 0 fully saturated rings. The lowest BCUT2D eigenvalue weighted by Gasteiger charge is -2.21. The van der Waals surface area contributed by atoms with Crippen molar-refractivity contribution in [1.29, 1.82) is 5.41 Å². The van der Waals surface area contributed by atoms with E-state index in [1.54, 1.807) is 30.6 Å². The van der Waals surface area contributed by atoms with Gasteiger partial charge in [0.1, 0.15) is 11.9 Å². The summed E-state index contributed by atoms with van der Waals surface area (Å²) in [6, 6.07) is 9.75. The van der Waals surface area contributed by atoms with E-state index in [1.807, 2.05) is 25.1 Å². The minimum absolute atomic E-state index is 0.0201. The Morgan fingerprint density at radius 2 is 1.96 bits per heavy atom. The minimum Gasteiger partial charge on any atom is -0.480 e. The molecule has 1 aromatic carbocycles. The second-order valence-corrected chi connectivity index (χ2v) is 6.70. The number of rotatable bonds is 10. The third-order valence-corrected chi connectivity index (χ3v) is 4.57. The molecule has 0 saturated heterocycles. The number of amides is 1. The molecule has 2 aromatic rings. The van der Waals surface area contributed by atoms with Gasteiger partial charge in [-0.25, -0.2) is 4.79 Å². The molecule has 1 amide bonds. The summed E-state index contributed by atoms with van der Waals surface area (Å²) in [5.74, 6) is -1.96. The first-order valence-electron chi connectivity index (χ1n) is 9.28. The number of hydrogen-bond donors (Lipinski definition) is 4. The highest BCUT2D eigenvalue weighted by atomic mass is 16.4. The fourth-order valence-corrected chi connectivity index (χ4v) is 2.94. The van der Waals surface area contributed by atoms with E-state index in [1.165, 1.54) is 0 Å². The van der Waals surface area contributed by atoms with Gasteiger partial charge in [-0.2, -0.15) is 0 Å². The van der Waals surface area contributed by atoms with Gasteiger partial charge in [0.05, 0.1) is 5.92 Å². The number of benzene rings is 1. The average molecular weight is 382 g/mol. The molecule has 0 unspecified atom stereocenters. The molecule has 28 heavy (non-hydrogen) atoms. The van der Waals surface area contributed by atoms with Crippen LogP contribution in [-0.2, 0) is 16.0 Å². The number of pyridine rings is 1. The van der Waals surface area contributed by atoms with Crippen molar-refractivity contribution in [1.82, 2.24) is 10.3 Å². The zero-order chi connectivity index (χ0) is 20.5. The predicted molar refractivity (Wildman–Crippen MR) is 107 cm³/mol. The first kappa shape index (κ1) is 21.1. The Labute approximate surface area is 164 Å². The van der Waals surface area contributed by atoms with Crippen molar-refractivity contribution in [3.8, 4) is 0 Å². The van der Waals surface area contributed by atoms with E-state index in [4.69, 9.17) is 11.1 Å². The molecule has 1 heterocycles. The second-order valence-electron chi connectivity index (χ2n) is 6.70. The van der Waals surface area contributed by atoms with Crippen molar-refractivity contribution < 1.29 is 14.7 Å². The van der Waals surface area contributed by atoms with Gasteiger partial charge < -0.3 is 16.2 Å². The van der Waals surface area contributed by atoms with Gasteiger partial charge in [0.15, 0.2) is 0 Å². The molecule has 148 valence electrons. The van der Waals surface area contributed by atoms with E-state index in [9.17, 15) is 14.7 Å². The zero-order valence-electron chi connectivity index (χ0n) is 15.9. The maximum atomic E-state index is 12.9. The number of hydrogen-bond acceptors (Lipinski definition) is 4. The smallest absolute Gasteiger partial charge is 0.326 e. The Bertz CT molecular complexity index is 806. The lowest BCUT2D eigenvalue weighted by Crippen LogP contribution is -2.43. The van der Waals surface area contributed by atoms with Gasteiger partial charge in [-0.05, 0) is 30.0 Å². The molecule has 0 aliphatic heterocycles. The summed E-state index contributed by atoms with van der Waals surface area (Å²) in [4.78, 5) is 28.5. The molecule has 5 N–H and O–H groups in total. The summed E-state index contributed by atoms with van der Waals surface area (Å²) >= 11 is 0. The van der Waals surface area contributed by atoms with Crippen LogP contribution in [0.15, 0.2) is 48.8 Å². The van der Waals surface area contributed by atoms with Crippen LogP contribution in [-0.4, -0.2) is 33.8 Å². The maximum Gasteiger partial charge on any atom is 0.326 e. The number of aromatic nitrogens is 1. The van der Waals surface area contributed by atoms with E-state index in [0.29, 0.717) is 18.4 Å². The normalized spacial score (nSPS) is 12.8. The molecule has 0 spiro atoms. The standard InChI is InChI=1S/C21H26N4O3/c1-2-3-6-18(21(27)28)25-20(26)17(16-5-4-11-24-13-16)12-14-7-9-15(10-8-14)19(22)23/h4-5,7-11,13,17-18H,2-3,6,12H2,1H3,(H3,22,23)(H,25,26)(H,27,28)/t17-,18-/m0/s1. The lowest BCUT2D eigenvalue weighted by molar-refractivity contribution is -0.142. The highest BCUT2D eigenvalue weighted by Crippen LogP contribution is 2.22. The number of unbranched alkanes of at least 4 members (excludes halogenated alkanes) is 1. The minimum atomic E-state index is -1.03. The molecule has 0 aliphatic rings. The molecule has 0 radical (unpaired) electrons. The summed E-state index contributed by atoms with van der Waals surface area (Å²) in [7, 11) is 0. The first-order chi connectivity index (χ1) is 13.4. The SMILES string of the molecule is CCCC[C@H](NC(=O)[C@@H](Cc1ccc(C(=N)N)cc1)c1cccnc1)C(=O)O. The van der Waals surface area contributed by atoms with Crippen molar-refractivity contribution in [2.24, 2.45) is 5.73 Å². The molecule has 0 bridgehead atoms. The number of nitrogen functional groups attached to an aromatic ring is 1. The van der Waals surface area contributed by atoms with Crippen LogP contribution >= 0.6 is 0 Å². The van der Waals surface area contributed by atoms with Gasteiger partial charge in [-0.1, -0.05) is 50.1 Å². The van der Waals surface area contributed by atoms with Crippen LogP contribution in [0.1, 0.15) is 48.8 Å². The van der Waals surface area contributed by atoms with Crippen molar-refractivity contribution >= 4 is 17.7 Å². The molecular formula is C21H26N4O3. The van der Waals surface area contributed by atoms with Gasteiger partial charge in [0.2, 0.25) is 5.91 Å². The third-order valence-electron chi connectivity index (χ3n) is 4.57. The van der Waals surface area contributed by atoms with Crippen molar-refractivity contribution in [2.75, 3.05) is 0 Å². The Morgan fingerprint density at radius 1 is 1.25 bits per heavy atom. The Balaban J connectivity index is 2.22. The predicted octanol–water partition coefficient (Wildman–Crippen LogP) is 2.45. The third kappa shape index (κ3) is 5.90. The highest BCUT2D eigenvalue weighted by molar-refractivity contribution is 5.95. The molecule has 1 aromatic heterocycles. The number of amidine groups is 1. The molecule has 2 atom stereocenters. The van der Waals surface area contributed by atoms with Gasteiger partial charge in [-0.3, -0.25) is 15.2 Å². The van der Waals surface area contributed by atoms with Crippen LogP contribution in [0.25, 0.3) is 0 Å². The molecule has 0 saturated carbocycles. The number of carboxylic acids is 1. The van der Waals surface area contributed by atoms with Crippen LogP contribution in [0, 0.1) is 5.41 Å². The Kier molecular flexibility index (Phi) is 7.68. The number of aliphatic carboxylic acids is 1. The van der Waals surface area contributed by atoms with Gasteiger partial charge in [0.25, 0.3) is 0 Å². The Morgan fingerprint density at radius 3 is 2.50 bits per heavy atom. The number of nitrogens with two attached hydrogens (primary N) is 1. The lowest BCUT2D eigenvalue weighted by atomic mass is 9.91. The van der Waals surface area contributed by atoms with Crippen molar-refractivity contribution in [3.63, 3.8) is 0 Å². The molecule has 2 rings (SSSR count). The Hall–Kier alpha value is -3.22. The maximum absolute atomic E-state index is 12.9. The van der Waals surface area contributed by atoms with Crippen LogP contribution in [0.2, 0.25) is 0 Å². The molecular weight excluding hydrogens is 356 g/mol. The molecule has 7 nitrogen and oxygen atoms in total. The van der Waals surface area contributed by atoms with E-state index >= 15 is 0 Å². The zero-order valence-corrected chi connectivity index (χ0v) is 15.9. The summed E-state index contributed by atoms with van der Waals surface area (Å²) in [5, 5.41) is 19.6. The van der Waals surface area contributed by atoms with Crippen LogP contribution in [0.5, 0.6) is 0 Å². The van der Waals surface area contributed by atoms with E-state index in [2.05, 4.69) is 10.3 Å². The van der Waals surface area contributed by atoms with Gasteiger partial charge >= 0.3 is 5.97 Å². The highest BCUT2D eigenvalue weighted by Gasteiger charge is 2.26. The molecule has 0 aliphatic carbocycles. The summed E-state index contributed by atoms with van der Waals surface area (Å²) in [6.45, 7) is 1.98. The number of carbonyl (C=O) groups excluding carboxylic acids is 1. The molecule has 7 heteroatoms. The van der Waals surface area contributed by atoms with Crippen LogP contribution in [0.4, 0.5) is 0 Å². The number of carboxylic acid groups (broad SMARTS) is 1. The largest absolute Gasteiger partial charge is 0.480 e. The van der Waals surface area contributed by atoms with E-state index < -0.39 is 17.9 Å². The first-order valence-corrected chi connectivity index (χ1v) is 9.28.